The minimum Gasteiger partial charge on any atom is -0.317 e. The lowest BCUT2D eigenvalue weighted by Crippen LogP contribution is -2.50. The fourth-order valence-corrected chi connectivity index (χ4v) is 4.87. The highest BCUT2D eigenvalue weighted by atomic mass is 15.3. The maximum Gasteiger partial charge on any atom is 0.0125 e. The largest absolute Gasteiger partial charge is 0.317 e. The van der Waals surface area contributed by atoms with Gasteiger partial charge in [-0.1, -0.05) is 0 Å². The molecule has 0 aromatic heterocycles. The molecule has 4 fully saturated rings. The Bertz CT molecular complexity index is 322. The zero-order chi connectivity index (χ0) is 13.4. The standard InChI is InChI=1S/C17H31N3/c1-2-16-12-17(7-11-19(16)10-1)20(15-3-4-15)13-14-5-8-18-9-6-14/h14-18H,1-13H2. The van der Waals surface area contributed by atoms with Crippen LogP contribution in [0.4, 0.5) is 0 Å². The van der Waals surface area contributed by atoms with Crippen LogP contribution < -0.4 is 5.32 Å². The number of nitrogens with zero attached hydrogens (tertiary/aromatic N) is 2. The zero-order valence-corrected chi connectivity index (χ0v) is 12.9. The molecular weight excluding hydrogens is 246 g/mol. The molecule has 3 aliphatic heterocycles. The van der Waals surface area contributed by atoms with Crippen molar-refractivity contribution in [1.82, 2.24) is 15.1 Å². The summed E-state index contributed by atoms with van der Waals surface area (Å²) in [7, 11) is 0. The monoisotopic (exact) mass is 277 g/mol. The molecule has 20 heavy (non-hydrogen) atoms. The third-order valence-corrected chi connectivity index (χ3v) is 6.21. The molecule has 3 heterocycles. The third kappa shape index (κ3) is 2.90. The molecule has 0 bridgehead atoms. The summed E-state index contributed by atoms with van der Waals surface area (Å²) in [4.78, 5) is 5.73. The first-order valence-corrected chi connectivity index (χ1v) is 9.10. The predicted molar refractivity (Wildman–Crippen MR) is 82.9 cm³/mol. The van der Waals surface area contributed by atoms with Crippen LogP contribution >= 0.6 is 0 Å². The molecule has 2 atom stereocenters. The van der Waals surface area contributed by atoms with Gasteiger partial charge in [0.05, 0.1) is 0 Å². The highest BCUT2D eigenvalue weighted by Crippen LogP contribution is 2.36. The molecule has 4 rings (SSSR count). The lowest BCUT2D eigenvalue weighted by atomic mass is 9.92. The molecule has 4 aliphatic rings. The summed E-state index contributed by atoms with van der Waals surface area (Å²) in [5.74, 6) is 0.971. The Morgan fingerprint density at radius 3 is 2.55 bits per heavy atom. The van der Waals surface area contributed by atoms with Gasteiger partial charge in [-0.15, -0.1) is 0 Å². The van der Waals surface area contributed by atoms with Gasteiger partial charge in [0.1, 0.15) is 0 Å². The molecule has 0 aromatic rings. The molecule has 114 valence electrons. The first kappa shape index (κ1) is 13.5. The Hall–Kier alpha value is -0.120. The Labute approximate surface area is 124 Å². The van der Waals surface area contributed by atoms with Crippen LogP contribution in [-0.4, -0.2) is 60.6 Å². The van der Waals surface area contributed by atoms with E-state index < -0.39 is 0 Å². The predicted octanol–water partition coefficient (Wildman–Crippen LogP) is 2.08. The Morgan fingerprint density at radius 1 is 0.900 bits per heavy atom. The first-order chi connectivity index (χ1) is 9.90. The van der Waals surface area contributed by atoms with Gasteiger partial charge in [-0.2, -0.15) is 0 Å². The Morgan fingerprint density at radius 2 is 1.75 bits per heavy atom. The Kier molecular flexibility index (Phi) is 4.02. The molecule has 3 nitrogen and oxygen atoms in total. The van der Waals surface area contributed by atoms with Gasteiger partial charge in [0, 0.05) is 24.7 Å². The average Bonchev–Trinajstić information content (AvgIpc) is 3.22. The van der Waals surface area contributed by atoms with Gasteiger partial charge in [0.2, 0.25) is 0 Å². The van der Waals surface area contributed by atoms with E-state index in [1.54, 1.807) is 0 Å². The molecular formula is C17H31N3. The van der Waals surface area contributed by atoms with Crippen molar-refractivity contribution in [2.45, 2.75) is 69.5 Å². The van der Waals surface area contributed by atoms with Crippen molar-refractivity contribution in [3.8, 4) is 0 Å². The summed E-state index contributed by atoms with van der Waals surface area (Å²) >= 11 is 0. The van der Waals surface area contributed by atoms with Gasteiger partial charge in [0.15, 0.2) is 0 Å². The van der Waals surface area contributed by atoms with E-state index in [1.165, 1.54) is 84.1 Å². The summed E-state index contributed by atoms with van der Waals surface area (Å²) in [6, 6.07) is 2.81. The van der Waals surface area contributed by atoms with Gasteiger partial charge in [0.25, 0.3) is 0 Å². The lowest BCUT2D eigenvalue weighted by molar-refractivity contribution is 0.0662. The highest BCUT2D eigenvalue weighted by molar-refractivity contribution is 4.96. The third-order valence-electron chi connectivity index (χ3n) is 6.21. The number of hydrogen-bond acceptors (Lipinski definition) is 3. The van der Waals surface area contributed by atoms with E-state index in [1.807, 2.05) is 0 Å². The number of hydrogen-bond donors (Lipinski definition) is 1. The molecule has 1 aliphatic carbocycles. The van der Waals surface area contributed by atoms with Crippen LogP contribution in [0, 0.1) is 5.92 Å². The second-order valence-electron chi connectivity index (χ2n) is 7.63. The van der Waals surface area contributed by atoms with Crippen molar-refractivity contribution in [3.05, 3.63) is 0 Å². The summed E-state index contributed by atoms with van der Waals surface area (Å²) in [6.07, 6.45) is 11.6. The normalized spacial score (nSPS) is 36.5. The topological polar surface area (TPSA) is 18.5 Å². The van der Waals surface area contributed by atoms with Crippen LogP contribution in [0.3, 0.4) is 0 Å². The van der Waals surface area contributed by atoms with Gasteiger partial charge in [-0.3, -0.25) is 4.90 Å². The molecule has 3 saturated heterocycles. The molecule has 0 aromatic carbocycles. The van der Waals surface area contributed by atoms with Crippen LogP contribution in [0.1, 0.15) is 51.4 Å². The second-order valence-corrected chi connectivity index (χ2v) is 7.63. The Balaban J connectivity index is 1.37. The average molecular weight is 277 g/mol. The van der Waals surface area contributed by atoms with E-state index >= 15 is 0 Å². The summed E-state index contributed by atoms with van der Waals surface area (Å²) in [5.41, 5.74) is 0. The number of fused-ring (bicyclic) bond motifs is 1. The van der Waals surface area contributed by atoms with Gasteiger partial charge < -0.3 is 10.2 Å². The fraction of sp³-hybridized carbons (Fsp3) is 1.00. The molecule has 3 heteroatoms. The number of rotatable bonds is 4. The van der Waals surface area contributed by atoms with E-state index in [0.29, 0.717) is 0 Å². The smallest absolute Gasteiger partial charge is 0.0125 e. The van der Waals surface area contributed by atoms with E-state index in [0.717, 1.165) is 24.0 Å². The van der Waals surface area contributed by atoms with Gasteiger partial charge in [-0.25, -0.2) is 0 Å². The highest BCUT2D eigenvalue weighted by Gasteiger charge is 2.40. The van der Waals surface area contributed by atoms with Crippen molar-refractivity contribution >= 4 is 0 Å². The number of nitrogens with one attached hydrogen (secondary N) is 1. The molecule has 0 radical (unpaired) electrons. The molecule has 0 amide bonds. The zero-order valence-electron chi connectivity index (χ0n) is 12.9. The quantitative estimate of drug-likeness (QED) is 0.849. The molecule has 1 saturated carbocycles. The maximum atomic E-state index is 3.52. The maximum absolute atomic E-state index is 3.52. The van der Waals surface area contributed by atoms with E-state index in [2.05, 4.69) is 15.1 Å². The second kappa shape index (κ2) is 5.94. The molecule has 1 N–H and O–H groups in total. The summed E-state index contributed by atoms with van der Waals surface area (Å²) in [5, 5.41) is 3.52. The summed E-state index contributed by atoms with van der Waals surface area (Å²) in [6.45, 7) is 6.68. The van der Waals surface area contributed by atoms with Crippen molar-refractivity contribution in [2.24, 2.45) is 5.92 Å². The van der Waals surface area contributed by atoms with Gasteiger partial charge in [-0.05, 0) is 83.5 Å². The molecule has 2 unspecified atom stereocenters. The van der Waals surface area contributed by atoms with E-state index in [-0.39, 0.29) is 0 Å². The lowest BCUT2D eigenvalue weighted by Gasteiger charge is -2.42. The van der Waals surface area contributed by atoms with Crippen molar-refractivity contribution in [3.63, 3.8) is 0 Å². The fourth-order valence-electron chi connectivity index (χ4n) is 4.87. The van der Waals surface area contributed by atoms with E-state index in [9.17, 15) is 0 Å². The van der Waals surface area contributed by atoms with Crippen LogP contribution in [-0.2, 0) is 0 Å². The van der Waals surface area contributed by atoms with E-state index in [4.69, 9.17) is 0 Å². The van der Waals surface area contributed by atoms with Crippen molar-refractivity contribution in [2.75, 3.05) is 32.7 Å². The van der Waals surface area contributed by atoms with Gasteiger partial charge >= 0.3 is 0 Å². The first-order valence-electron chi connectivity index (χ1n) is 9.10. The molecule has 0 spiro atoms. The van der Waals surface area contributed by atoms with Crippen LogP contribution in [0.2, 0.25) is 0 Å². The van der Waals surface area contributed by atoms with Crippen LogP contribution in [0.15, 0.2) is 0 Å². The van der Waals surface area contributed by atoms with Crippen LogP contribution in [0.25, 0.3) is 0 Å². The van der Waals surface area contributed by atoms with Crippen molar-refractivity contribution in [1.29, 1.82) is 0 Å². The SMILES string of the molecule is C1CC2CC(N(CC3CCNCC3)C3CC3)CCN2C1. The van der Waals surface area contributed by atoms with Crippen molar-refractivity contribution < 1.29 is 0 Å². The minimum absolute atomic E-state index is 0.914. The number of piperidine rings is 2. The minimum atomic E-state index is 0.914. The summed E-state index contributed by atoms with van der Waals surface area (Å²) < 4.78 is 0. The van der Waals surface area contributed by atoms with Crippen LogP contribution in [0.5, 0.6) is 0 Å².